The smallest absolute Gasteiger partial charge is 0.275 e. The number of aryl methyl sites for hydroxylation is 1. The zero-order chi connectivity index (χ0) is 18.8. The first-order valence-electron chi connectivity index (χ1n) is 9.38. The number of nitrogens with zero attached hydrogens (tertiary/aromatic N) is 4. The number of hydrogen-bond acceptors (Lipinski definition) is 6. The van der Waals surface area contributed by atoms with Crippen LogP contribution in [0.3, 0.4) is 0 Å². The lowest BCUT2D eigenvalue weighted by Crippen LogP contribution is -2.28. The van der Waals surface area contributed by atoms with Crippen LogP contribution in [0.15, 0.2) is 35.1 Å². The summed E-state index contributed by atoms with van der Waals surface area (Å²) in [6.45, 7) is 3.62. The quantitative estimate of drug-likeness (QED) is 0.688. The second-order valence-electron chi connectivity index (χ2n) is 7.03. The lowest BCUT2D eigenvalue weighted by molar-refractivity contribution is 0.191. The van der Waals surface area contributed by atoms with Gasteiger partial charge in [-0.1, -0.05) is 36.3 Å². The summed E-state index contributed by atoms with van der Waals surface area (Å²) in [6.07, 6.45) is 4.81. The third kappa shape index (κ3) is 3.89. The van der Waals surface area contributed by atoms with E-state index in [-0.39, 0.29) is 5.56 Å². The van der Waals surface area contributed by atoms with Crippen molar-refractivity contribution in [2.75, 3.05) is 13.7 Å². The summed E-state index contributed by atoms with van der Waals surface area (Å²) in [6, 6.07) is 10.3. The highest BCUT2D eigenvalue weighted by Crippen LogP contribution is 2.32. The molecule has 1 atom stereocenters. The molecule has 0 aliphatic carbocycles. The summed E-state index contributed by atoms with van der Waals surface area (Å²) >= 11 is 1.51. The molecule has 1 aliphatic rings. The Labute approximate surface area is 162 Å². The number of likely N-dealkylation sites (tertiary alicyclic amines) is 1. The molecule has 2 aromatic heterocycles. The van der Waals surface area contributed by atoms with Crippen molar-refractivity contribution < 1.29 is 4.74 Å². The highest BCUT2D eigenvalue weighted by molar-refractivity contribution is 7.16. The van der Waals surface area contributed by atoms with E-state index < -0.39 is 0 Å². The number of aromatic nitrogens is 3. The van der Waals surface area contributed by atoms with Gasteiger partial charge in [-0.05, 0) is 44.0 Å². The molecule has 0 radical (unpaired) electrons. The van der Waals surface area contributed by atoms with Crippen molar-refractivity contribution in [1.82, 2.24) is 19.5 Å². The van der Waals surface area contributed by atoms with Crippen LogP contribution >= 0.6 is 11.3 Å². The first-order chi connectivity index (χ1) is 13.1. The topological polar surface area (TPSA) is 59.7 Å². The van der Waals surface area contributed by atoms with Crippen LogP contribution in [0.1, 0.15) is 48.0 Å². The molecule has 27 heavy (non-hydrogen) atoms. The Morgan fingerprint density at radius 1 is 1.22 bits per heavy atom. The van der Waals surface area contributed by atoms with E-state index in [1.54, 1.807) is 7.11 Å². The Balaban J connectivity index is 1.62. The van der Waals surface area contributed by atoms with Crippen LogP contribution < -0.4 is 10.3 Å². The molecule has 6 nitrogen and oxygen atoms in total. The van der Waals surface area contributed by atoms with Crippen molar-refractivity contribution >= 4 is 16.3 Å². The van der Waals surface area contributed by atoms with Crippen LogP contribution in [0.4, 0.5) is 0 Å². The maximum atomic E-state index is 12.1. The van der Waals surface area contributed by atoms with Gasteiger partial charge in [0, 0.05) is 17.8 Å². The van der Waals surface area contributed by atoms with Crippen molar-refractivity contribution in [1.29, 1.82) is 0 Å². The van der Waals surface area contributed by atoms with Gasteiger partial charge < -0.3 is 4.74 Å². The van der Waals surface area contributed by atoms with Crippen molar-refractivity contribution in [3.05, 3.63) is 57.0 Å². The Kier molecular flexibility index (Phi) is 5.22. The molecule has 7 heteroatoms. The summed E-state index contributed by atoms with van der Waals surface area (Å²) in [5, 5.41) is 5.47. The molecule has 0 bridgehead atoms. The van der Waals surface area contributed by atoms with E-state index in [0.29, 0.717) is 11.0 Å². The van der Waals surface area contributed by atoms with Crippen molar-refractivity contribution in [3.63, 3.8) is 0 Å². The molecule has 1 aliphatic heterocycles. The molecule has 0 amide bonds. The van der Waals surface area contributed by atoms with E-state index in [1.165, 1.54) is 46.7 Å². The molecule has 142 valence electrons. The Hall–Kier alpha value is -2.25. The Bertz CT molecular complexity index is 980. The molecular weight excluding hydrogens is 360 g/mol. The van der Waals surface area contributed by atoms with Gasteiger partial charge in [-0.2, -0.15) is 9.61 Å². The number of ether oxygens (including phenoxy) is 1. The van der Waals surface area contributed by atoms with Crippen molar-refractivity contribution in [2.24, 2.45) is 0 Å². The highest BCUT2D eigenvalue weighted by Gasteiger charge is 2.24. The highest BCUT2D eigenvalue weighted by atomic mass is 32.1. The summed E-state index contributed by atoms with van der Waals surface area (Å²) in [4.78, 5) is 19.8. The van der Waals surface area contributed by atoms with Crippen molar-refractivity contribution in [3.8, 4) is 5.75 Å². The first-order valence-corrected chi connectivity index (χ1v) is 10.2. The minimum Gasteiger partial charge on any atom is -0.497 e. The largest absolute Gasteiger partial charge is 0.497 e. The first kappa shape index (κ1) is 18.1. The summed E-state index contributed by atoms with van der Waals surface area (Å²) in [5.74, 6) is 0.880. The summed E-state index contributed by atoms with van der Waals surface area (Å²) in [7, 11) is 1.69. The molecule has 1 aromatic carbocycles. The third-order valence-electron chi connectivity index (χ3n) is 5.12. The minimum atomic E-state index is -0.109. The summed E-state index contributed by atoms with van der Waals surface area (Å²) < 4.78 is 6.72. The maximum absolute atomic E-state index is 12.1. The second-order valence-corrected chi connectivity index (χ2v) is 8.08. The van der Waals surface area contributed by atoms with Crippen LogP contribution in [0, 0.1) is 6.92 Å². The fourth-order valence-electron chi connectivity index (χ4n) is 3.76. The number of hydrogen-bond donors (Lipinski definition) is 0. The molecule has 4 rings (SSSR count). The van der Waals surface area contributed by atoms with E-state index in [2.05, 4.69) is 27.1 Å². The predicted octanol–water partition coefficient (Wildman–Crippen LogP) is 3.59. The average Bonchev–Trinajstić information content (AvgIpc) is 2.92. The van der Waals surface area contributed by atoms with Crippen molar-refractivity contribution in [2.45, 2.75) is 45.2 Å². The fourth-order valence-corrected chi connectivity index (χ4v) is 4.73. The minimum absolute atomic E-state index is 0.109. The van der Waals surface area contributed by atoms with Gasteiger partial charge >= 0.3 is 0 Å². The van der Waals surface area contributed by atoms with Crippen LogP contribution in [0.5, 0.6) is 5.75 Å². The number of rotatable bonds is 4. The predicted molar refractivity (Wildman–Crippen MR) is 106 cm³/mol. The Morgan fingerprint density at radius 3 is 2.81 bits per heavy atom. The van der Waals surface area contributed by atoms with Gasteiger partial charge in [0.1, 0.15) is 10.8 Å². The maximum Gasteiger partial charge on any atom is 0.275 e. The van der Waals surface area contributed by atoms with Crippen LogP contribution in [0.25, 0.3) is 4.96 Å². The Morgan fingerprint density at radius 2 is 2.04 bits per heavy atom. The zero-order valence-corrected chi connectivity index (χ0v) is 16.5. The summed E-state index contributed by atoms with van der Waals surface area (Å²) in [5.41, 5.74) is 1.94. The zero-order valence-electron chi connectivity index (χ0n) is 15.7. The van der Waals surface area contributed by atoms with Crippen LogP contribution in [-0.2, 0) is 6.54 Å². The van der Waals surface area contributed by atoms with Gasteiger partial charge in [0.25, 0.3) is 5.56 Å². The van der Waals surface area contributed by atoms with E-state index in [9.17, 15) is 4.79 Å². The lowest BCUT2D eigenvalue weighted by Gasteiger charge is -2.29. The molecule has 3 aromatic rings. The molecular formula is C20H24N4O2S. The van der Waals surface area contributed by atoms with Gasteiger partial charge in [-0.3, -0.25) is 9.69 Å². The van der Waals surface area contributed by atoms with Crippen LogP contribution in [-0.4, -0.2) is 33.2 Å². The lowest BCUT2D eigenvalue weighted by atomic mass is 10.0. The third-order valence-corrected chi connectivity index (χ3v) is 6.01. The molecule has 0 spiro atoms. The molecule has 1 fully saturated rings. The van der Waals surface area contributed by atoms with E-state index in [4.69, 9.17) is 4.74 Å². The van der Waals surface area contributed by atoms with E-state index in [0.717, 1.165) is 36.0 Å². The monoisotopic (exact) mass is 384 g/mol. The normalized spacial score (nSPS) is 18.5. The number of benzene rings is 1. The molecule has 1 unspecified atom stereocenters. The fraction of sp³-hybridized carbons (Fsp3) is 0.450. The van der Waals surface area contributed by atoms with Gasteiger partial charge in [0.2, 0.25) is 4.96 Å². The van der Waals surface area contributed by atoms with Crippen LogP contribution in [0.2, 0.25) is 0 Å². The number of methoxy groups -OCH3 is 1. The van der Waals surface area contributed by atoms with E-state index in [1.807, 2.05) is 19.1 Å². The van der Waals surface area contributed by atoms with Gasteiger partial charge in [-0.25, -0.2) is 4.98 Å². The van der Waals surface area contributed by atoms with Gasteiger partial charge in [0.15, 0.2) is 0 Å². The standard InChI is InChI=1S/C20H24N4O2S/c1-14-12-19(25)24-20(21-14)27-18(22-24)13-23-11-5-3-4-6-17(23)15-7-9-16(26-2)10-8-15/h7-10,12,17H,3-6,11,13H2,1-2H3. The van der Waals surface area contributed by atoms with E-state index >= 15 is 0 Å². The van der Waals surface area contributed by atoms with Gasteiger partial charge in [0.05, 0.1) is 13.7 Å². The average molecular weight is 385 g/mol. The molecule has 1 saturated heterocycles. The van der Waals surface area contributed by atoms with Gasteiger partial charge in [-0.15, -0.1) is 0 Å². The molecule has 0 N–H and O–H groups in total. The SMILES string of the molecule is COc1ccc(C2CCCCCN2Cc2nn3c(=O)cc(C)nc3s2)cc1. The second kappa shape index (κ2) is 7.78. The number of fused-ring (bicyclic) bond motifs is 1. The molecule has 0 saturated carbocycles. The molecule has 3 heterocycles.